The average Bonchev–Trinajstić information content (AvgIpc) is 2.89. The first kappa shape index (κ1) is 22.4. The predicted octanol–water partition coefficient (Wildman–Crippen LogP) is 3.20. The molecule has 0 bridgehead atoms. The average molecular weight is 457 g/mol. The maximum absolute atomic E-state index is 7.39. The van der Waals surface area contributed by atoms with Crippen molar-refractivity contribution in [3.63, 3.8) is 0 Å². The summed E-state index contributed by atoms with van der Waals surface area (Å²) < 4.78 is 20.5. The van der Waals surface area contributed by atoms with Crippen LogP contribution >= 0.6 is 0 Å². The molecule has 0 aliphatic heterocycles. The van der Waals surface area contributed by atoms with Crippen LogP contribution in [0.2, 0.25) is 0 Å². The van der Waals surface area contributed by atoms with Crippen LogP contribution in [0.25, 0.3) is 0 Å². The first-order valence-corrected chi connectivity index (χ1v) is 14.5. The lowest BCUT2D eigenvalue weighted by molar-refractivity contribution is 0.243. The Kier molecular flexibility index (Phi) is 7.14. The number of hydrogen-bond acceptors (Lipinski definition) is 3. The molecule has 162 valence electrons. The molecule has 0 aromatic heterocycles. The van der Waals surface area contributed by atoms with Gasteiger partial charge in [0.25, 0.3) is 0 Å². The fourth-order valence-corrected chi connectivity index (χ4v) is 12.6. The SMILES string of the molecule is CCO[Si](O[Si](OC)(c1ccccc1)c1ccccc1)(c1ccccc1)c1ccccc1. The van der Waals surface area contributed by atoms with Gasteiger partial charge in [0.1, 0.15) is 0 Å². The molecule has 0 amide bonds. The summed E-state index contributed by atoms with van der Waals surface area (Å²) in [4.78, 5) is 0. The molecule has 0 N–H and O–H groups in total. The van der Waals surface area contributed by atoms with Crippen molar-refractivity contribution in [3.05, 3.63) is 121 Å². The minimum absolute atomic E-state index is 0.536. The first-order valence-electron chi connectivity index (χ1n) is 10.9. The standard InChI is InChI=1S/C27H28O3Si2/c1-3-29-32(26-20-12-6-13-21-26,27-22-14-7-15-23-27)30-31(28-2,24-16-8-4-9-17-24)25-18-10-5-11-19-25/h4-23H,3H2,1-2H3. The second-order valence-electron chi connectivity index (χ2n) is 7.44. The number of rotatable bonds is 9. The van der Waals surface area contributed by atoms with Crippen LogP contribution in [0.1, 0.15) is 6.92 Å². The summed E-state index contributed by atoms with van der Waals surface area (Å²) in [6.07, 6.45) is 0. The molecule has 0 saturated heterocycles. The zero-order valence-electron chi connectivity index (χ0n) is 18.5. The Balaban J connectivity index is 1.99. The van der Waals surface area contributed by atoms with E-state index in [1.54, 1.807) is 7.11 Å². The van der Waals surface area contributed by atoms with Gasteiger partial charge >= 0.3 is 17.1 Å². The van der Waals surface area contributed by atoms with E-state index in [9.17, 15) is 0 Å². The molecular weight excluding hydrogens is 428 g/mol. The summed E-state index contributed by atoms with van der Waals surface area (Å²) in [5.74, 6) is 0. The molecule has 4 aromatic rings. The Morgan fingerprint density at radius 1 is 0.500 bits per heavy atom. The van der Waals surface area contributed by atoms with Gasteiger partial charge in [-0.3, -0.25) is 0 Å². The van der Waals surface area contributed by atoms with Gasteiger partial charge in [-0.1, -0.05) is 121 Å². The van der Waals surface area contributed by atoms with E-state index in [0.717, 1.165) is 20.7 Å². The molecule has 0 radical (unpaired) electrons. The maximum Gasteiger partial charge on any atom is 0.398 e. The summed E-state index contributed by atoms with van der Waals surface area (Å²) in [5, 5.41) is 4.23. The molecule has 4 rings (SSSR count). The fourth-order valence-electron chi connectivity index (χ4n) is 4.08. The van der Waals surface area contributed by atoms with Crippen LogP contribution in [-0.2, 0) is 13.0 Å². The summed E-state index contributed by atoms with van der Waals surface area (Å²) in [6, 6.07) is 41.3. The van der Waals surface area contributed by atoms with Gasteiger partial charge in [0, 0.05) is 13.7 Å². The van der Waals surface area contributed by atoms with Crippen LogP contribution in [0.15, 0.2) is 121 Å². The lowest BCUT2D eigenvalue weighted by Gasteiger charge is -2.40. The third-order valence-electron chi connectivity index (χ3n) is 5.54. The van der Waals surface area contributed by atoms with Gasteiger partial charge in [-0.2, -0.15) is 0 Å². The van der Waals surface area contributed by atoms with Crippen LogP contribution in [0.4, 0.5) is 0 Å². The second kappa shape index (κ2) is 10.2. The fraction of sp³-hybridized carbons (Fsp3) is 0.111. The molecule has 0 heterocycles. The molecule has 5 heteroatoms. The molecule has 0 unspecified atom stereocenters. The van der Waals surface area contributed by atoms with E-state index in [1.165, 1.54) is 0 Å². The topological polar surface area (TPSA) is 27.7 Å². The minimum Gasteiger partial charge on any atom is -0.401 e. The largest absolute Gasteiger partial charge is 0.401 e. The van der Waals surface area contributed by atoms with E-state index in [-0.39, 0.29) is 0 Å². The summed E-state index contributed by atoms with van der Waals surface area (Å²) >= 11 is 0. The Hall–Kier alpha value is -2.81. The van der Waals surface area contributed by atoms with Crippen LogP contribution in [0.5, 0.6) is 0 Å². The molecule has 0 aliphatic rings. The summed E-state index contributed by atoms with van der Waals surface area (Å²) in [7, 11) is -4.50. The first-order chi connectivity index (χ1) is 15.7. The smallest absolute Gasteiger partial charge is 0.398 e. The quantitative estimate of drug-likeness (QED) is 0.362. The van der Waals surface area contributed by atoms with Crippen LogP contribution in [-0.4, -0.2) is 30.8 Å². The maximum atomic E-state index is 7.39. The Morgan fingerprint density at radius 3 is 1.09 bits per heavy atom. The van der Waals surface area contributed by atoms with Gasteiger partial charge in [0.15, 0.2) is 0 Å². The summed E-state index contributed by atoms with van der Waals surface area (Å²) in [6.45, 7) is 2.56. The van der Waals surface area contributed by atoms with E-state index in [1.807, 2.05) is 79.7 Å². The Labute approximate surface area is 192 Å². The lowest BCUT2D eigenvalue weighted by Crippen LogP contribution is -2.75. The summed E-state index contributed by atoms with van der Waals surface area (Å²) in [5.41, 5.74) is 0. The van der Waals surface area contributed by atoms with Gasteiger partial charge in [-0.15, -0.1) is 0 Å². The van der Waals surface area contributed by atoms with Crippen LogP contribution < -0.4 is 20.7 Å². The molecule has 0 fully saturated rings. The highest BCUT2D eigenvalue weighted by Gasteiger charge is 2.53. The predicted molar refractivity (Wildman–Crippen MR) is 136 cm³/mol. The van der Waals surface area contributed by atoms with Crippen molar-refractivity contribution in [2.75, 3.05) is 13.7 Å². The van der Waals surface area contributed by atoms with Crippen molar-refractivity contribution in [3.8, 4) is 0 Å². The zero-order chi connectivity index (χ0) is 22.3. The molecule has 0 atom stereocenters. The van der Waals surface area contributed by atoms with Gasteiger partial charge in [-0.05, 0) is 27.7 Å². The van der Waals surface area contributed by atoms with E-state index >= 15 is 0 Å². The Morgan fingerprint density at radius 2 is 0.812 bits per heavy atom. The highest BCUT2D eigenvalue weighted by molar-refractivity contribution is 7.04. The van der Waals surface area contributed by atoms with E-state index in [2.05, 4.69) is 48.5 Å². The number of benzene rings is 4. The van der Waals surface area contributed by atoms with Crippen molar-refractivity contribution in [2.24, 2.45) is 0 Å². The molecule has 3 nitrogen and oxygen atoms in total. The lowest BCUT2D eigenvalue weighted by atomic mass is 10.4. The van der Waals surface area contributed by atoms with Crippen LogP contribution in [0, 0.1) is 0 Å². The van der Waals surface area contributed by atoms with Gasteiger partial charge in [0.2, 0.25) is 0 Å². The van der Waals surface area contributed by atoms with E-state index in [4.69, 9.17) is 13.0 Å². The third-order valence-corrected chi connectivity index (χ3v) is 13.5. The Bertz CT molecular complexity index is 1010. The molecular formula is C27H28O3Si2. The normalized spacial score (nSPS) is 11.9. The van der Waals surface area contributed by atoms with Crippen molar-refractivity contribution in [2.45, 2.75) is 6.92 Å². The van der Waals surface area contributed by atoms with Gasteiger partial charge in [-0.25, -0.2) is 0 Å². The highest BCUT2D eigenvalue weighted by atomic mass is 28.5. The van der Waals surface area contributed by atoms with Gasteiger partial charge in [0.05, 0.1) is 0 Å². The van der Waals surface area contributed by atoms with Crippen molar-refractivity contribution in [1.29, 1.82) is 0 Å². The van der Waals surface area contributed by atoms with Crippen molar-refractivity contribution >= 4 is 37.9 Å². The van der Waals surface area contributed by atoms with E-state index < -0.39 is 17.1 Å². The minimum atomic E-state index is -3.13. The molecule has 4 aromatic carbocycles. The molecule has 0 aliphatic carbocycles. The monoisotopic (exact) mass is 456 g/mol. The highest BCUT2D eigenvalue weighted by Crippen LogP contribution is 2.19. The second-order valence-corrected chi connectivity index (χ2v) is 13.7. The molecule has 0 spiro atoms. The molecule has 0 saturated carbocycles. The van der Waals surface area contributed by atoms with Crippen molar-refractivity contribution < 1.29 is 13.0 Å². The van der Waals surface area contributed by atoms with E-state index in [0.29, 0.717) is 6.61 Å². The van der Waals surface area contributed by atoms with Gasteiger partial charge < -0.3 is 13.0 Å². The number of hydrogen-bond donors (Lipinski definition) is 0. The van der Waals surface area contributed by atoms with Crippen molar-refractivity contribution in [1.82, 2.24) is 0 Å². The third kappa shape index (κ3) is 4.26. The molecule has 32 heavy (non-hydrogen) atoms. The van der Waals surface area contributed by atoms with Crippen LogP contribution in [0.3, 0.4) is 0 Å². The zero-order valence-corrected chi connectivity index (χ0v) is 20.5.